The Morgan fingerprint density at radius 3 is 2.27 bits per heavy atom. The van der Waals surface area contributed by atoms with Crippen LogP contribution in [0.25, 0.3) is 0 Å². The Morgan fingerprint density at radius 2 is 1.93 bits per heavy atom. The Balaban J connectivity index is 2.35. The zero-order chi connectivity index (χ0) is 11.5. The molecule has 5 heteroatoms. The Morgan fingerprint density at radius 1 is 1.33 bits per heavy atom. The molecule has 0 spiro atoms. The number of fused-ring (bicyclic) bond motifs is 2. The van der Waals surface area contributed by atoms with E-state index in [-0.39, 0.29) is 12.3 Å². The van der Waals surface area contributed by atoms with Crippen LogP contribution in [0.1, 0.15) is 19.8 Å². The van der Waals surface area contributed by atoms with Crippen molar-refractivity contribution in [1.29, 1.82) is 0 Å². The maximum atomic E-state index is 14.3. The number of hydrogen-bond donors (Lipinski definition) is 1. The van der Waals surface area contributed by atoms with Crippen LogP contribution in [0, 0.1) is 11.8 Å². The summed E-state index contributed by atoms with van der Waals surface area (Å²) in [6.45, 7) is 0.529. The standard InChI is InChI=1S/C10H12F4O/c1-8(15,10(12,13)14)9(11)5-6-2-3-7(9)4-6/h2-3,6-7,15H,4-5H2,1H3. The molecule has 4 unspecified atom stereocenters. The predicted molar refractivity (Wildman–Crippen MR) is 45.9 cm³/mol. The third-order valence-electron chi connectivity index (χ3n) is 3.68. The first-order valence-corrected chi connectivity index (χ1v) is 4.85. The predicted octanol–water partition coefficient (Wildman–Crippen LogP) is 2.60. The number of rotatable bonds is 1. The van der Waals surface area contributed by atoms with Crippen LogP contribution in [0.15, 0.2) is 12.2 Å². The highest BCUT2D eigenvalue weighted by atomic mass is 19.4. The molecule has 0 amide bonds. The molecule has 0 aromatic heterocycles. The van der Waals surface area contributed by atoms with Gasteiger partial charge in [-0.05, 0) is 25.7 Å². The van der Waals surface area contributed by atoms with Crippen LogP contribution in [-0.2, 0) is 0 Å². The van der Waals surface area contributed by atoms with Crippen LogP contribution in [0.2, 0.25) is 0 Å². The smallest absolute Gasteiger partial charge is 0.378 e. The van der Waals surface area contributed by atoms with Gasteiger partial charge in [0, 0.05) is 5.92 Å². The van der Waals surface area contributed by atoms with Crippen molar-refractivity contribution in [3.63, 3.8) is 0 Å². The first-order chi connectivity index (χ1) is 6.68. The first kappa shape index (κ1) is 10.9. The third-order valence-corrected chi connectivity index (χ3v) is 3.68. The summed E-state index contributed by atoms with van der Waals surface area (Å²) in [5.41, 5.74) is -5.82. The van der Waals surface area contributed by atoms with Crippen molar-refractivity contribution in [3.05, 3.63) is 12.2 Å². The fraction of sp³-hybridized carbons (Fsp3) is 0.800. The summed E-state index contributed by atoms with van der Waals surface area (Å²) in [6, 6.07) is 0. The molecule has 1 saturated carbocycles. The second-order valence-corrected chi connectivity index (χ2v) is 4.62. The van der Waals surface area contributed by atoms with Gasteiger partial charge in [-0.15, -0.1) is 0 Å². The minimum atomic E-state index is -4.93. The van der Waals surface area contributed by atoms with Crippen molar-refractivity contribution >= 4 is 0 Å². The lowest BCUT2D eigenvalue weighted by atomic mass is 9.76. The lowest BCUT2D eigenvalue weighted by Crippen LogP contribution is -2.60. The largest absolute Gasteiger partial charge is 0.420 e. The number of halogens is 4. The van der Waals surface area contributed by atoms with Crippen molar-refractivity contribution in [1.82, 2.24) is 0 Å². The number of allylic oxidation sites excluding steroid dienone is 2. The van der Waals surface area contributed by atoms with E-state index in [0.717, 1.165) is 0 Å². The van der Waals surface area contributed by atoms with Crippen molar-refractivity contribution in [3.8, 4) is 0 Å². The van der Waals surface area contributed by atoms with Crippen molar-refractivity contribution in [2.24, 2.45) is 11.8 Å². The van der Waals surface area contributed by atoms with Crippen LogP contribution >= 0.6 is 0 Å². The highest BCUT2D eigenvalue weighted by molar-refractivity contribution is 5.22. The topological polar surface area (TPSA) is 20.2 Å². The van der Waals surface area contributed by atoms with E-state index in [1.54, 1.807) is 6.08 Å². The zero-order valence-corrected chi connectivity index (χ0v) is 8.18. The van der Waals surface area contributed by atoms with E-state index in [4.69, 9.17) is 0 Å². The van der Waals surface area contributed by atoms with E-state index in [1.807, 2.05) is 0 Å². The summed E-state index contributed by atoms with van der Waals surface area (Å²) in [5, 5.41) is 9.40. The lowest BCUT2D eigenvalue weighted by Gasteiger charge is -2.41. The van der Waals surface area contributed by atoms with Gasteiger partial charge >= 0.3 is 6.18 Å². The number of aliphatic hydroxyl groups is 1. The fourth-order valence-electron chi connectivity index (χ4n) is 2.59. The van der Waals surface area contributed by atoms with Crippen LogP contribution in [-0.4, -0.2) is 22.6 Å². The van der Waals surface area contributed by atoms with E-state index >= 15 is 0 Å². The quantitative estimate of drug-likeness (QED) is 0.536. The van der Waals surface area contributed by atoms with Crippen LogP contribution < -0.4 is 0 Å². The molecule has 1 N–H and O–H groups in total. The van der Waals surface area contributed by atoms with Gasteiger partial charge in [0.2, 0.25) is 0 Å². The monoisotopic (exact) mass is 224 g/mol. The molecule has 0 heterocycles. The molecule has 2 rings (SSSR count). The van der Waals surface area contributed by atoms with E-state index in [0.29, 0.717) is 13.3 Å². The summed E-state index contributed by atoms with van der Waals surface area (Å²) in [6.07, 6.45) is -1.60. The number of hydrogen-bond acceptors (Lipinski definition) is 1. The molecule has 0 saturated heterocycles. The first-order valence-electron chi connectivity index (χ1n) is 4.85. The normalized spacial score (nSPS) is 43.3. The molecule has 1 fully saturated rings. The summed E-state index contributed by atoms with van der Waals surface area (Å²) < 4.78 is 51.9. The fourth-order valence-corrected chi connectivity index (χ4v) is 2.59. The van der Waals surface area contributed by atoms with Gasteiger partial charge in [0.15, 0.2) is 11.3 Å². The molecule has 2 bridgehead atoms. The van der Waals surface area contributed by atoms with Crippen molar-refractivity contribution in [2.45, 2.75) is 37.2 Å². The third kappa shape index (κ3) is 1.25. The molecule has 15 heavy (non-hydrogen) atoms. The molecule has 0 aromatic rings. The average molecular weight is 224 g/mol. The van der Waals surface area contributed by atoms with Crippen LogP contribution in [0.4, 0.5) is 17.6 Å². The van der Waals surface area contributed by atoms with Crippen molar-refractivity contribution < 1.29 is 22.7 Å². The minimum Gasteiger partial charge on any atom is -0.378 e. The van der Waals surface area contributed by atoms with Gasteiger partial charge in [-0.1, -0.05) is 12.2 Å². The molecule has 2 aliphatic rings. The molecule has 86 valence electrons. The molecule has 2 aliphatic carbocycles. The molecule has 4 atom stereocenters. The molecule has 1 nitrogen and oxygen atoms in total. The summed E-state index contributed by atoms with van der Waals surface area (Å²) >= 11 is 0. The second-order valence-electron chi connectivity index (χ2n) is 4.62. The second kappa shape index (κ2) is 2.75. The summed E-state index contributed by atoms with van der Waals surface area (Å²) in [5.74, 6) is -0.965. The minimum absolute atomic E-state index is 0.158. The van der Waals surface area contributed by atoms with E-state index in [2.05, 4.69) is 0 Å². The van der Waals surface area contributed by atoms with Gasteiger partial charge in [0.25, 0.3) is 0 Å². The lowest BCUT2D eigenvalue weighted by molar-refractivity contribution is -0.300. The Hall–Kier alpha value is -0.580. The molecular weight excluding hydrogens is 212 g/mol. The Bertz CT molecular complexity index is 307. The van der Waals surface area contributed by atoms with Gasteiger partial charge in [0.05, 0.1) is 0 Å². The number of alkyl halides is 4. The van der Waals surface area contributed by atoms with Gasteiger partial charge in [-0.25, -0.2) is 4.39 Å². The highest BCUT2D eigenvalue weighted by Crippen LogP contribution is 2.57. The van der Waals surface area contributed by atoms with Gasteiger partial charge in [0.1, 0.15) is 0 Å². The molecule has 0 aliphatic heterocycles. The van der Waals surface area contributed by atoms with Crippen molar-refractivity contribution in [2.75, 3.05) is 0 Å². The molecular formula is C10H12F4O. The average Bonchev–Trinajstić information content (AvgIpc) is 2.61. The summed E-state index contributed by atoms with van der Waals surface area (Å²) in [4.78, 5) is 0. The SMILES string of the molecule is CC(O)(C(F)(F)F)C1(F)CC2C=CC1C2. The van der Waals surface area contributed by atoms with Crippen LogP contribution in [0.3, 0.4) is 0 Å². The van der Waals surface area contributed by atoms with E-state index < -0.39 is 23.4 Å². The Labute approximate surface area is 84.8 Å². The maximum absolute atomic E-state index is 14.3. The van der Waals surface area contributed by atoms with Gasteiger partial charge < -0.3 is 5.11 Å². The molecule has 0 aromatic carbocycles. The maximum Gasteiger partial charge on any atom is 0.420 e. The zero-order valence-electron chi connectivity index (χ0n) is 8.18. The van der Waals surface area contributed by atoms with Gasteiger partial charge in [-0.3, -0.25) is 0 Å². The molecule has 0 radical (unpaired) electrons. The van der Waals surface area contributed by atoms with E-state index in [9.17, 15) is 22.7 Å². The van der Waals surface area contributed by atoms with Crippen LogP contribution in [0.5, 0.6) is 0 Å². The Kier molecular flexibility index (Phi) is 2.00. The summed E-state index contributed by atoms with van der Waals surface area (Å²) in [7, 11) is 0. The van der Waals surface area contributed by atoms with Gasteiger partial charge in [-0.2, -0.15) is 13.2 Å². The van der Waals surface area contributed by atoms with E-state index in [1.165, 1.54) is 6.08 Å². The highest BCUT2D eigenvalue weighted by Gasteiger charge is 2.69.